The van der Waals surface area contributed by atoms with Gasteiger partial charge in [-0.25, -0.2) is 4.98 Å². The molecule has 1 heterocycles. The van der Waals surface area contributed by atoms with Crippen LogP contribution in [0.2, 0.25) is 0 Å². The predicted octanol–water partition coefficient (Wildman–Crippen LogP) is 2.71. The normalized spacial score (nSPS) is 19.9. The first-order valence-electron chi connectivity index (χ1n) is 6.93. The third kappa shape index (κ3) is 4.01. The van der Waals surface area contributed by atoms with Gasteiger partial charge in [0, 0.05) is 11.1 Å². The maximum absolute atomic E-state index is 12.0. The molecule has 2 N–H and O–H groups in total. The van der Waals surface area contributed by atoms with Crippen LogP contribution in [0, 0.1) is 6.92 Å². The second-order valence-electron chi connectivity index (χ2n) is 5.56. The standard InChI is InChI=1S/C14H22N2O2S/c1-10-9-15-13(19-10)11(2)16-12(17)8-14(18)6-4-3-5-7-14/h9,11,18H,3-8H2,1-2H3,(H,16,17). The molecule has 0 aromatic carbocycles. The molecule has 1 saturated carbocycles. The molecular formula is C14H22N2O2S. The van der Waals surface area contributed by atoms with E-state index in [4.69, 9.17) is 0 Å². The topological polar surface area (TPSA) is 62.2 Å². The molecule has 1 fully saturated rings. The first-order valence-corrected chi connectivity index (χ1v) is 7.74. The highest BCUT2D eigenvalue weighted by molar-refractivity contribution is 7.11. The van der Waals surface area contributed by atoms with E-state index in [0.717, 1.165) is 35.6 Å². The Bertz CT molecular complexity index is 438. The summed E-state index contributed by atoms with van der Waals surface area (Å²) in [6, 6.07) is -0.0848. The van der Waals surface area contributed by atoms with Crippen LogP contribution in [-0.2, 0) is 4.79 Å². The molecule has 0 bridgehead atoms. The van der Waals surface area contributed by atoms with Crippen LogP contribution < -0.4 is 5.32 Å². The van der Waals surface area contributed by atoms with Crippen molar-refractivity contribution < 1.29 is 9.90 Å². The van der Waals surface area contributed by atoms with Gasteiger partial charge in [-0.1, -0.05) is 19.3 Å². The summed E-state index contributed by atoms with van der Waals surface area (Å²) >= 11 is 1.59. The summed E-state index contributed by atoms with van der Waals surface area (Å²) in [5.41, 5.74) is -0.791. The predicted molar refractivity (Wildman–Crippen MR) is 76.1 cm³/mol. The number of carbonyl (C=O) groups is 1. The Balaban J connectivity index is 1.87. The Hall–Kier alpha value is -0.940. The Kier molecular flexibility index (Phi) is 4.58. The van der Waals surface area contributed by atoms with E-state index in [2.05, 4.69) is 10.3 Å². The molecular weight excluding hydrogens is 260 g/mol. The highest BCUT2D eigenvalue weighted by Crippen LogP contribution is 2.31. The number of carbonyl (C=O) groups excluding carboxylic acids is 1. The average molecular weight is 282 g/mol. The zero-order valence-electron chi connectivity index (χ0n) is 11.6. The van der Waals surface area contributed by atoms with Crippen LogP contribution in [0.3, 0.4) is 0 Å². The van der Waals surface area contributed by atoms with Gasteiger partial charge < -0.3 is 10.4 Å². The van der Waals surface area contributed by atoms with Crippen LogP contribution in [0.1, 0.15) is 61.4 Å². The van der Waals surface area contributed by atoms with Crippen LogP contribution in [0.4, 0.5) is 0 Å². The molecule has 1 atom stereocenters. The van der Waals surface area contributed by atoms with Crippen LogP contribution in [0.25, 0.3) is 0 Å². The van der Waals surface area contributed by atoms with E-state index in [0.29, 0.717) is 0 Å². The lowest BCUT2D eigenvalue weighted by atomic mass is 9.82. The van der Waals surface area contributed by atoms with E-state index in [-0.39, 0.29) is 18.4 Å². The van der Waals surface area contributed by atoms with Crippen molar-refractivity contribution in [3.05, 3.63) is 16.1 Å². The molecule has 1 aromatic heterocycles. The summed E-state index contributed by atoms with van der Waals surface area (Å²) in [6.07, 6.45) is 6.71. The highest BCUT2D eigenvalue weighted by Gasteiger charge is 2.32. The molecule has 0 saturated heterocycles. The van der Waals surface area contributed by atoms with Gasteiger partial charge in [-0.3, -0.25) is 4.79 Å². The molecule has 0 aliphatic heterocycles. The van der Waals surface area contributed by atoms with Crippen LogP contribution in [-0.4, -0.2) is 21.6 Å². The number of hydrogen-bond acceptors (Lipinski definition) is 4. The second-order valence-corrected chi connectivity index (χ2v) is 6.83. The molecule has 5 heteroatoms. The molecule has 19 heavy (non-hydrogen) atoms. The molecule has 106 valence electrons. The van der Waals surface area contributed by atoms with Crippen molar-refractivity contribution in [3.8, 4) is 0 Å². The lowest BCUT2D eigenvalue weighted by molar-refractivity contribution is -0.128. The minimum absolute atomic E-state index is 0.0789. The van der Waals surface area contributed by atoms with Crippen molar-refractivity contribution >= 4 is 17.2 Å². The molecule has 0 spiro atoms. The van der Waals surface area contributed by atoms with Crippen LogP contribution in [0.15, 0.2) is 6.20 Å². The van der Waals surface area contributed by atoms with Gasteiger partial charge in [0.15, 0.2) is 0 Å². The maximum Gasteiger partial charge on any atom is 0.223 e. The van der Waals surface area contributed by atoms with Gasteiger partial charge in [0.1, 0.15) is 5.01 Å². The van der Waals surface area contributed by atoms with Crippen molar-refractivity contribution in [3.63, 3.8) is 0 Å². The summed E-state index contributed by atoms with van der Waals surface area (Å²) in [5.74, 6) is -0.0789. The number of aliphatic hydroxyl groups is 1. The summed E-state index contributed by atoms with van der Waals surface area (Å²) in [5, 5.41) is 14.2. The van der Waals surface area contributed by atoms with Gasteiger partial charge in [0.2, 0.25) is 5.91 Å². The minimum atomic E-state index is -0.791. The van der Waals surface area contributed by atoms with E-state index >= 15 is 0 Å². The Morgan fingerprint density at radius 3 is 2.79 bits per heavy atom. The Morgan fingerprint density at radius 1 is 1.53 bits per heavy atom. The van der Waals surface area contributed by atoms with E-state index in [1.807, 2.05) is 20.0 Å². The lowest BCUT2D eigenvalue weighted by Crippen LogP contribution is -2.39. The largest absolute Gasteiger partial charge is 0.389 e. The van der Waals surface area contributed by atoms with Gasteiger partial charge in [-0.15, -0.1) is 11.3 Å². The first-order chi connectivity index (χ1) is 8.98. The summed E-state index contributed by atoms with van der Waals surface area (Å²) < 4.78 is 0. The van der Waals surface area contributed by atoms with Crippen LogP contribution in [0.5, 0.6) is 0 Å². The number of hydrogen-bond donors (Lipinski definition) is 2. The third-order valence-electron chi connectivity index (χ3n) is 3.66. The fraction of sp³-hybridized carbons (Fsp3) is 0.714. The van der Waals surface area contributed by atoms with Crippen molar-refractivity contribution in [1.82, 2.24) is 10.3 Å². The van der Waals surface area contributed by atoms with E-state index < -0.39 is 5.60 Å². The number of aryl methyl sites for hydroxylation is 1. The smallest absolute Gasteiger partial charge is 0.223 e. The fourth-order valence-electron chi connectivity index (χ4n) is 2.61. The zero-order chi connectivity index (χ0) is 13.9. The van der Waals surface area contributed by atoms with Gasteiger partial charge in [-0.2, -0.15) is 0 Å². The molecule has 2 rings (SSSR count). The molecule has 1 amide bonds. The monoisotopic (exact) mass is 282 g/mol. The molecule has 1 aliphatic rings. The van der Waals surface area contributed by atoms with E-state index in [9.17, 15) is 9.90 Å². The quantitative estimate of drug-likeness (QED) is 0.892. The average Bonchev–Trinajstić information content (AvgIpc) is 2.76. The summed E-state index contributed by atoms with van der Waals surface area (Å²) in [4.78, 5) is 17.4. The summed E-state index contributed by atoms with van der Waals surface area (Å²) in [7, 11) is 0. The van der Waals surface area contributed by atoms with Gasteiger partial charge in [-0.05, 0) is 26.7 Å². The van der Waals surface area contributed by atoms with Gasteiger partial charge in [0.05, 0.1) is 18.1 Å². The number of amides is 1. The fourth-order valence-corrected chi connectivity index (χ4v) is 3.39. The third-order valence-corrected chi connectivity index (χ3v) is 4.76. The lowest BCUT2D eigenvalue weighted by Gasteiger charge is -2.31. The number of aromatic nitrogens is 1. The molecule has 4 nitrogen and oxygen atoms in total. The maximum atomic E-state index is 12.0. The zero-order valence-corrected chi connectivity index (χ0v) is 12.4. The Labute approximate surface area is 118 Å². The van der Waals surface area contributed by atoms with Crippen molar-refractivity contribution in [1.29, 1.82) is 0 Å². The molecule has 1 unspecified atom stereocenters. The van der Waals surface area contributed by atoms with Gasteiger partial charge in [0.25, 0.3) is 0 Å². The molecule has 0 radical (unpaired) electrons. The second kappa shape index (κ2) is 6.01. The number of nitrogens with one attached hydrogen (secondary N) is 1. The van der Waals surface area contributed by atoms with Crippen molar-refractivity contribution in [2.75, 3.05) is 0 Å². The number of nitrogens with zero attached hydrogens (tertiary/aromatic N) is 1. The van der Waals surface area contributed by atoms with Crippen molar-refractivity contribution in [2.24, 2.45) is 0 Å². The molecule has 1 aliphatic carbocycles. The van der Waals surface area contributed by atoms with Gasteiger partial charge >= 0.3 is 0 Å². The van der Waals surface area contributed by atoms with E-state index in [1.54, 1.807) is 11.3 Å². The number of thiazole rings is 1. The first kappa shape index (κ1) is 14.5. The number of rotatable bonds is 4. The van der Waals surface area contributed by atoms with Crippen molar-refractivity contribution in [2.45, 2.75) is 64.0 Å². The molecule has 1 aromatic rings. The van der Waals surface area contributed by atoms with E-state index in [1.165, 1.54) is 6.42 Å². The SMILES string of the molecule is Cc1cnc(C(C)NC(=O)CC2(O)CCCCC2)s1. The van der Waals surface area contributed by atoms with Crippen LogP contribution >= 0.6 is 11.3 Å². The summed E-state index contributed by atoms with van der Waals surface area (Å²) in [6.45, 7) is 3.93. The highest BCUT2D eigenvalue weighted by atomic mass is 32.1. The minimum Gasteiger partial charge on any atom is -0.389 e. The Morgan fingerprint density at radius 2 is 2.21 bits per heavy atom.